The molecule has 0 aliphatic heterocycles. The van der Waals surface area contributed by atoms with Crippen molar-refractivity contribution in [3.63, 3.8) is 0 Å². The van der Waals surface area contributed by atoms with Gasteiger partial charge in [0.2, 0.25) is 0 Å². The fourth-order valence-corrected chi connectivity index (χ4v) is 2.55. The molecule has 1 atom stereocenters. The fourth-order valence-electron chi connectivity index (χ4n) is 2.55. The smallest absolute Gasteiger partial charge is 0.257 e. The van der Waals surface area contributed by atoms with Crippen molar-refractivity contribution in [2.24, 2.45) is 0 Å². The first-order valence-electron chi connectivity index (χ1n) is 7.60. The average Bonchev–Trinajstić information content (AvgIpc) is 3.24. The van der Waals surface area contributed by atoms with E-state index in [1.807, 2.05) is 19.9 Å². The molecule has 24 heavy (non-hydrogen) atoms. The summed E-state index contributed by atoms with van der Waals surface area (Å²) >= 11 is 0. The first-order valence-corrected chi connectivity index (χ1v) is 7.60. The molecule has 5 nitrogen and oxygen atoms in total. The number of hydrogen-bond donors (Lipinski definition) is 0. The molecule has 1 unspecified atom stereocenters. The van der Waals surface area contributed by atoms with Crippen molar-refractivity contribution in [3.05, 3.63) is 71.7 Å². The second kappa shape index (κ2) is 6.31. The maximum Gasteiger partial charge on any atom is 0.257 e. The van der Waals surface area contributed by atoms with Crippen LogP contribution in [-0.2, 0) is 0 Å². The van der Waals surface area contributed by atoms with Gasteiger partial charge in [0.05, 0.1) is 35.4 Å². The van der Waals surface area contributed by atoms with Crippen molar-refractivity contribution in [2.45, 2.75) is 19.9 Å². The zero-order valence-corrected chi connectivity index (χ0v) is 13.7. The van der Waals surface area contributed by atoms with Gasteiger partial charge in [0, 0.05) is 7.05 Å². The van der Waals surface area contributed by atoms with E-state index in [1.165, 1.54) is 18.3 Å². The molecule has 3 rings (SSSR count). The molecule has 0 radical (unpaired) electrons. The quantitative estimate of drug-likeness (QED) is 0.733. The highest BCUT2D eigenvalue weighted by atomic mass is 19.1. The predicted molar refractivity (Wildman–Crippen MR) is 87.5 cm³/mol. The monoisotopic (exact) mass is 327 g/mol. The van der Waals surface area contributed by atoms with Gasteiger partial charge in [0.15, 0.2) is 0 Å². The van der Waals surface area contributed by atoms with Crippen molar-refractivity contribution in [2.75, 3.05) is 7.05 Å². The van der Waals surface area contributed by atoms with Crippen LogP contribution in [0.15, 0.2) is 53.3 Å². The van der Waals surface area contributed by atoms with Crippen LogP contribution in [0.2, 0.25) is 0 Å². The number of furan rings is 1. The molecule has 0 aliphatic rings. The van der Waals surface area contributed by atoms with Crippen LogP contribution in [0, 0.1) is 12.7 Å². The standard InChI is InChI=1S/C18H18FN3O2/c1-12-16(11-20-22(12)15-8-6-14(19)7-9-15)18(23)21(3)13(2)17-5-4-10-24-17/h4-11,13H,1-3H3. The van der Waals surface area contributed by atoms with Crippen LogP contribution in [0.5, 0.6) is 0 Å². The summed E-state index contributed by atoms with van der Waals surface area (Å²) in [6.45, 7) is 3.71. The summed E-state index contributed by atoms with van der Waals surface area (Å²) in [5, 5.41) is 4.26. The van der Waals surface area contributed by atoms with Crippen LogP contribution in [0.25, 0.3) is 5.69 Å². The minimum atomic E-state index is -0.313. The van der Waals surface area contributed by atoms with Gasteiger partial charge < -0.3 is 9.32 Å². The van der Waals surface area contributed by atoms with Gasteiger partial charge in [-0.25, -0.2) is 9.07 Å². The third kappa shape index (κ3) is 2.82. The first kappa shape index (κ1) is 16.0. The molecule has 0 fully saturated rings. The number of benzene rings is 1. The minimum Gasteiger partial charge on any atom is -0.467 e. The van der Waals surface area contributed by atoms with Gasteiger partial charge in [-0.1, -0.05) is 0 Å². The maximum atomic E-state index is 13.1. The largest absolute Gasteiger partial charge is 0.467 e. The lowest BCUT2D eigenvalue weighted by atomic mass is 10.1. The van der Waals surface area contributed by atoms with Crippen LogP contribution >= 0.6 is 0 Å². The summed E-state index contributed by atoms with van der Waals surface area (Å²) < 4.78 is 20.1. The lowest BCUT2D eigenvalue weighted by Crippen LogP contribution is -2.29. The molecule has 124 valence electrons. The number of carbonyl (C=O) groups is 1. The molecular weight excluding hydrogens is 309 g/mol. The van der Waals surface area contributed by atoms with Crippen LogP contribution < -0.4 is 0 Å². The highest BCUT2D eigenvalue weighted by Gasteiger charge is 2.24. The van der Waals surface area contributed by atoms with E-state index >= 15 is 0 Å². The zero-order valence-electron chi connectivity index (χ0n) is 13.7. The summed E-state index contributed by atoms with van der Waals surface area (Å²) in [6, 6.07) is 9.41. The molecule has 0 saturated carbocycles. The van der Waals surface area contributed by atoms with Gasteiger partial charge in [-0.05, 0) is 50.2 Å². The highest BCUT2D eigenvalue weighted by Crippen LogP contribution is 2.23. The Morgan fingerprint density at radius 2 is 2.00 bits per heavy atom. The molecule has 2 heterocycles. The van der Waals surface area contributed by atoms with Crippen molar-refractivity contribution < 1.29 is 13.6 Å². The fraction of sp³-hybridized carbons (Fsp3) is 0.222. The molecule has 3 aromatic rings. The summed E-state index contributed by atoms with van der Waals surface area (Å²) in [7, 11) is 1.73. The van der Waals surface area contributed by atoms with Crippen LogP contribution in [0.4, 0.5) is 4.39 Å². The number of amides is 1. The van der Waals surface area contributed by atoms with E-state index in [2.05, 4.69) is 5.10 Å². The molecule has 0 aliphatic carbocycles. The third-order valence-electron chi connectivity index (χ3n) is 4.17. The Morgan fingerprint density at radius 3 is 2.62 bits per heavy atom. The molecule has 0 bridgehead atoms. The Balaban J connectivity index is 1.87. The van der Waals surface area contributed by atoms with Gasteiger partial charge in [-0.3, -0.25) is 4.79 Å². The Kier molecular flexibility index (Phi) is 4.20. The van der Waals surface area contributed by atoms with Gasteiger partial charge in [0.1, 0.15) is 11.6 Å². The van der Waals surface area contributed by atoms with Gasteiger partial charge in [0.25, 0.3) is 5.91 Å². The zero-order chi connectivity index (χ0) is 17.3. The molecule has 1 aromatic carbocycles. The van der Waals surface area contributed by atoms with Crippen LogP contribution in [0.1, 0.15) is 34.8 Å². The number of halogens is 1. The van der Waals surface area contributed by atoms with E-state index in [1.54, 1.807) is 41.1 Å². The second-order valence-electron chi connectivity index (χ2n) is 5.64. The number of aromatic nitrogens is 2. The van der Waals surface area contributed by atoms with E-state index in [0.717, 1.165) is 5.76 Å². The molecule has 0 N–H and O–H groups in total. The van der Waals surface area contributed by atoms with E-state index < -0.39 is 0 Å². The molecule has 0 saturated heterocycles. The number of nitrogens with zero attached hydrogens (tertiary/aromatic N) is 3. The number of hydrogen-bond acceptors (Lipinski definition) is 3. The van der Waals surface area contributed by atoms with Crippen molar-refractivity contribution >= 4 is 5.91 Å². The Morgan fingerprint density at radius 1 is 1.29 bits per heavy atom. The van der Waals surface area contributed by atoms with E-state index in [4.69, 9.17) is 4.42 Å². The predicted octanol–water partition coefficient (Wildman–Crippen LogP) is 3.75. The Labute approximate surface area is 139 Å². The van der Waals surface area contributed by atoms with Crippen molar-refractivity contribution in [1.29, 1.82) is 0 Å². The Hall–Kier alpha value is -2.89. The third-order valence-corrected chi connectivity index (χ3v) is 4.17. The van der Waals surface area contributed by atoms with Crippen molar-refractivity contribution in [3.8, 4) is 5.69 Å². The van der Waals surface area contributed by atoms with E-state index in [9.17, 15) is 9.18 Å². The first-order chi connectivity index (χ1) is 11.5. The molecule has 2 aromatic heterocycles. The topological polar surface area (TPSA) is 51.3 Å². The molecular formula is C18H18FN3O2. The summed E-state index contributed by atoms with van der Waals surface area (Å²) in [5.74, 6) is 0.256. The van der Waals surface area contributed by atoms with Gasteiger partial charge in [-0.15, -0.1) is 0 Å². The second-order valence-corrected chi connectivity index (χ2v) is 5.64. The number of rotatable bonds is 4. The molecule has 1 amide bonds. The minimum absolute atomic E-state index is 0.148. The summed E-state index contributed by atoms with van der Waals surface area (Å²) in [5.41, 5.74) is 1.90. The summed E-state index contributed by atoms with van der Waals surface area (Å²) in [4.78, 5) is 14.4. The summed E-state index contributed by atoms with van der Waals surface area (Å²) in [6.07, 6.45) is 3.12. The van der Waals surface area contributed by atoms with E-state index in [0.29, 0.717) is 16.9 Å². The molecule has 0 spiro atoms. The lowest BCUT2D eigenvalue weighted by molar-refractivity contribution is 0.0725. The maximum absolute atomic E-state index is 13.1. The van der Waals surface area contributed by atoms with Gasteiger partial charge in [-0.2, -0.15) is 5.10 Å². The van der Waals surface area contributed by atoms with Crippen LogP contribution in [-0.4, -0.2) is 27.6 Å². The Bertz CT molecular complexity index is 838. The molecule has 6 heteroatoms. The number of carbonyl (C=O) groups excluding carboxylic acids is 1. The normalized spacial score (nSPS) is 12.2. The lowest BCUT2D eigenvalue weighted by Gasteiger charge is -2.23. The van der Waals surface area contributed by atoms with Crippen molar-refractivity contribution in [1.82, 2.24) is 14.7 Å². The van der Waals surface area contributed by atoms with Gasteiger partial charge >= 0.3 is 0 Å². The SMILES string of the molecule is Cc1c(C(=O)N(C)C(C)c2ccco2)cnn1-c1ccc(F)cc1. The van der Waals surface area contributed by atoms with E-state index in [-0.39, 0.29) is 17.8 Å². The van der Waals surface area contributed by atoms with Crippen LogP contribution in [0.3, 0.4) is 0 Å². The average molecular weight is 327 g/mol. The highest BCUT2D eigenvalue weighted by molar-refractivity contribution is 5.95.